The number of rotatable bonds is 14. The molecular formula is C36H48FN3O9. The lowest BCUT2D eigenvalue weighted by Gasteiger charge is -2.23. The zero-order chi connectivity index (χ0) is 36.4. The van der Waals surface area contributed by atoms with E-state index in [9.17, 15) is 19.2 Å². The van der Waals surface area contributed by atoms with Crippen LogP contribution in [0, 0.1) is 5.82 Å². The zero-order valence-electron chi connectivity index (χ0n) is 29.6. The molecule has 3 rings (SSSR count). The summed E-state index contributed by atoms with van der Waals surface area (Å²) < 4.78 is 44.3. The summed E-state index contributed by atoms with van der Waals surface area (Å²) in [6.07, 6.45) is 1.84. The molecule has 1 aromatic heterocycles. The molecule has 13 heteroatoms. The summed E-state index contributed by atoms with van der Waals surface area (Å²) in [5, 5.41) is 5.02. The van der Waals surface area contributed by atoms with Gasteiger partial charge in [-0.1, -0.05) is 19.1 Å². The number of pyridine rings is 1. The second kappa shape index (κ2) is 17.0. The lowest BCUT2D eigenvalue weighted by Crippen LogP contribution is -2.44. The quantitative estimate of drug-likeness (QED) is 0.108. The summed E-state index contributed by atoms with van der Waals surface area (Å²) in [5.74, 6) is -0.724. The van der Waals surface area contributed by atoms with Crippen LogP contribution in [0.5, 0.6) is 11.5 Å². The number of ether oxygens (including phenoxy) is 5. The molecule has 0 saturated heterocycles. The molecule has 2 N–H and O–H groups in total. The van der Waals surface area contributed by atoms with Crippen molar-refractivity contribution in [1.29, 1.82) is 0 Å². The predicted molar refractivity (Wildman–Crippen MR) is 183 cm³/mol. The molecule has 49 heavy (non-hydrogen) atoms. The molecule has 0 radical (unpaired) electrons. The van der Waals surface area contributed by atoms with Gasteiger partial charge >= 0.3 is 18.2 Å². The SMILES string of the molecule is CCCOc1ccc(F)c2c(=O)c(-c3ccc(OC)cc3)cn(COC(=O)[C@H](CCCCNC(=O)OC(C)(C)C)NC(=O)OC(C)(C)C)c12. The summed E-state index contributed by atoms with van der Waals surface area (Å²) in [6.45, 7) is 12.4. The first-order chi connectivity index (χ1) is 23.0. The van der Waals surface area contributed by atoms with Gasteiger partial charge in [0.2, 0.25) is 0 Å². The molecule has 268 valence electrons. The van der Waals surface area contributed by atoms with E-state index in [1.807, 2.05) is 6.92 Å². The highest BCUT2D eigenvalue weighted by atomic mass is 19.1. The fourth-order valence-electron chi connectivity index (χ4n) is 4.78. The Bertz CT molecular complexity index is 1660. The van der Waals surface area contributed by atoms with Gasteiger partial charge in [0.1, 0.15) is 40.1 Å². The number of carbonyl (C=O) groups is 3. The van der Waals surface area contributed by atoms with Crippen molar-refractivity contribution in [3.63, 3.8) is 0 Å². The van der Waals surface area contributed by atoms with Crippen molar-refractivity contribution in [2.24, 2.45) is 0 Å². The average molecular weight is 686 g/mol. The van der Waals surface area contributed by atoms with Crippen molar-refractivity contribution >= 4 is 29.1 Å². The number of alkyl carbamates (subject to hydrolysis) is 2. The fraction of sp³-hybridized carbons (Fsp3) is 0.500. The number of amides is 2. The number of carbonyl (C=O) groups excluding carboxylic acids is 3. The second-order valence-electron chi connectivity index (χ2n) is 13.4. The van der Waals surface area contributed by atoms with Crippen molar-refractivity contribution in [3.8, 4) is 22.6 Å². The van der Waals surface area contributed by atoms with Gasteiger partial charge in [0, 0.05) is 18.3 Å². The number of esters is 1. The molecule has 12 nitrogen and oxygen atoms in total. The van der Waals surface area contributed by atoms with E-state index in [1.54, 1.807) is 65.8 Å². The van der Waals surface area contributed by atoms with Crippen LogP contribution in [0.2, 0.25) is 0 Å². The second-order valence-corrected chi connectivity index (χ2v) is 13.4. The maximum absolute atomic E-state index is 15.4. The van der Waals surface area contributed by atoms with E-state index in [4.69, 9.17) is 23.7 Å². The van der Waals surface area contributed by atoms with Gasteiger partial charge in [-0.25, -0.2) is 18.8 Å². The molecule has 1 heterocycles. The maximum atomic E-state index is 15.4. The monoisotopic (exact) mass is 685 g/mol. The predicted octanol–water partition coefficient (Wildman–Crippen LogP) is 6.69. The molecule has 0 aliphatic rings. The van der Waals surface area contributed by atoms with Crippen molar-refractivity contribution in [3.05, 3.63) is 58.6 Å². The van der Waals surface area contributed by atoms with Gasteiger partial charge in [0.15, 0.2) is 12.2 Å². The van der Waals surface area contributed by atoms with Crippen molar-refractivity contribution < 1.29 is 42.5 Å². The number of halogens is 1. The minimum Gasteiger partial charge on any atom is -0.497 e. The van der Waals surface area contributed by atoms with Crippen LogP contribution in [0.15, 0.2) is 47.4 Å². The Morgan fingerprint density at radius 1 is 0.918 bits per heavy atom. The van der Waals surface area contributed by atoms with Gasteiger partial charge in [0.25, 0.3) is 0 Å². The van der Waals surface area contributed by atoms with E-state index in [0.717, 1.165) is 0 Å². The van der Waals surface area contributed by atoms with E-state index >= 15 is 4.39 Å². The Balaban J connectivity index is 1.91. The number of hydrogen-bond acceptors (Lipinski definition) is 9. The highest BCUT2D eigenvalue weighted by Gasteiger charge is 2.26. The molecule has 3 aromatic rings. The summed E-state index contributed by atoms with van der Waals surface area (Å²) >= 11 is 0. The molecule has 2 aromatic carbocycles. The molecule has 0 unspecified atom stereocenters. The minimum absolute atomic E-state index is 0.119. The first-order valence-corrected chi connectivity index (χ1v) is 16.3. The van der Waals surface area contributed by atoms with Crippen LogP contribution in [0.4, 0.5) is 14.0 Å². The van der Waals surface area contributed by atoms with Crippen molar-refractivity contribution in [1.82, 2.24) is 15.2 Å². The van der Waals surface area contributed by atoms with Crippen LogP contribution < -0.4 is 25.5 Å². The van der Waals surface area contributed by atoms with Gasteiger partial charge < -0.3 is 38.9 Å². The van der Waals surface area contributed by atoms with Gasteiger partial charge in [0.05, 0.1) is 19.1 Å². The third kappa shape index (κ3) is 11.7. The van der Waals surface area contributed by atoms with Gasteiger partial charge in [-0.2, -0.15) is 0 Å². The normalized spacial score (nSPS) is 12.2. The number of nitrogens with one attached hydrogen (secondary N) is 2. The van der Waals surface area contributed by atoms with E-state index in [2.05, 4.69) is 10.6 Å². The standard InChI is InChI=1S/C36H48FN3O9/c1-9-20-46-28-18-17-26(37)29-30(28)40(21-25(31(29)41)23-13-15-24(45-8)16-14-23)22-47-32(42)27(39-34(44)49-36(5,6)7)12-10-11-19-38-33(43)48-35(2,3)4/h13-18,21,27H,9-12,19-20,22H2,1-8H3,(H,38,43)(H,39,44)/t27-/m0/s1. The Morgan fingerprint density at radius 3 is 2.18 bits per heavy atom. The topological polar surface area (TPSA) is 143 Å². The number of hydrogen-bond donors (Lipinski definition) is 2. The number of fused-ring (bicyclic) bond motifs is 1. The van der Waals surface area contributed by atoms with E-state index in [1.165, 1.54) is 30.0 Å². The van der Waals surface area contributed by atoms with E-state index in [0.29, 0.717) is 37.2 Å². The van der Waals surface area contributed by atoms with Crippen LogP contribution in [0.25, 0.3) is 22.0 Å². The van der Waals surface area contributed by atoms with Crippen LogP contribution in [-0.2, 0) is 25.7 Å². The molecule has 0 saturated carbocycles. The van der Waals surface area contributed by atoms with Crippen molar-refractivity contribution in [2.75, 3.05) is 20.3 Å². The summed E-state index contributed by atoms with van der Waals surface area (Å²) in [6, 6.07) is 8.18. The molecule has 0 spiro atoms. The molecular weight excluding hydrogens is 637 g/mol. The number of methoxy groups -OCH3 is 1. The largest absolute Gasteiger partial charge is 0.497 e. The Hall–Kier alpha value is -4.81. The minimum atomic E-state index is -1.12. The highest BCUT2D eigenvalue weighted by molar-refractivity contribution is 5.89. The first-order valence-electron chi connectivity index (χ1n) is 16.3. The highest BCUT2D eigenvalue weighted by Crippen LogP contribution is 2.30. The Kier molecular flexibility index (Phi) is 13.4. The van der Waals surface area contributed by atoms with E-state index < -0.39 is 53.4 Å². The fourth-order valence-corrected chi connectivity index (χ4v) is 4.78. The third-order valence-corrected chi connectivity index (χ3v) is 6.91. The summed E-state index contributed by atoms with van der Waals surface area (Å²) in [7, 11) is 1.52. The maximum Gasteiger partial charge on any atom is 0.408 e. The smallest absolute Gasteiger partial charge is 0.408 e. The lowest BCUT2D eigenvalue weighted by molar-refractivity contribution is -0.150. The molecule has 1 atom stereocenters. The van der Waals surface area contributed by atoms with E-state index in [-0.39, 0.29) is 35.2 Å². The van der Waals surface area contributed by atoms with Crippen LogP contribution in [-0.4, -0.2) is 60.2 Å². The molecule has 0 fully saturated rings. The third-order valence-electron chi connectivity index (χ3n) is 6.91. The first kappa shape index (κ1) is 38.6. The van der Waals surface area contributed by atoms with Crippen molar-refractivity contribution in [2.45, 2.75) is 98.1 Å². The number of unbranched alkanes of at least 4 members (excludes halogenated alkanes) is 1. The number of benzene rings is 2. The van der Waals surface area contributed by atoms with Crippen LogP contribution in [0.3, 0.4) is 0 Å². The Morgan fingerprint density at radius 2 is 1.57 bits per heavy atom. The molecule has 0 aliphatic heterocycles. The lowest BCUT2D eigenvalue weighted by atomic mass is 10.0. The van der Waals surface area contributed by atoms with Crippen LogP contribution >= 0.6 is 0 Å². The van der Waals surface area contributed by atoms with Gasteiger partial charge in [-0.3, -0.25) is 4.79 Å². The number of aromatic nitrogens is 1. The Labute approximate surface area is 286 Å². The average Bonchev–Trinajstić information content (AvgIpc) is 3.01. The molecule has 0 aliphatic carbocycles. The zero-order valence-corrected chi connectivity index (χ0v) is 29.6. The van der Waals surface area contributed by atoms with Crippen LogP contribution in [0.1, 0.15) is 74.1 Å². The summed E-state index contributed by atoms with van der Waals surface area (Å²) in [4.78, 5) is 51.9. The summed E-state index contributed by atoms with van der Waals surface area (Å²) in [5.41, 5.74) is -1.24. The van der Waals surface area contributed by atoms with Gasteiger partial charge in [-0.05, 0) is 97.1 Å². The number of nitrogens with zero attached hydrogens (tertiary/aromatic N) is 1. The van der Waals surface area contributed by atoms with Gasteiger partial charge in [-0.15, -0.1) is 0 Å². The molecule has 2 amide bonds. The molecule has 0 bridgehead atoms.